The molecule has 4 rings (SSSR count). The van der Waals surface area contributed by atoms with Crippen LogP contribution < -0.4 is 9.47 Å². The van der Waals surface area contributed by atoms with Gasteiger partial charge in [0, 0.05) is 0 Å². The average molecular weight is 621 g/mol. The largest absolute Gasteiger partial charge is 0.497 e. The number of sulfone groups is 1. The topological polar surface area (TPSA) is 146 Å². The molecular weight excluding hydrogens is 592 g/mol. The van der Waals surface area contributed by atoms with E-state index < -0.39 is 24.9 Å². The summed E-state index contributed by atoms with van der Waals surface area (Å²) in [7, 11) is -7.26. The molecule has 4 aromatic carbocycles. The Balaban J connectivity index is 0.00000462. The fourth-order valence-corrected chi connectivity index (χ4v) is 6.48. The van der Waals surface area contributed by atoms with E-state index in [-0.39, 0.29) is 33.4 Å². The summed E-state index contributed by atoms with van der Waals surface area (Å²) in [5.74, 6) is 1.43. The Labute approximate surface area is 243 Å². The maximum atomic E-state index is 13.3. The maximum absolute atomic E-state index is 13.3. The van der Waals surface area contributed by atoms with Crippen LogP contribution in [0.25, 0.3) is 0 Å². The third kappa shape index (κ3) is 7.86. The third-order valence-electron chi connectivity index (χ3n) is 5.85. The van der Waals surface area contributed by atoms with Gasteiger partial charge in [-0.3, -0.25) is 4.55 Å². The van der Waals surface area contributed by atoms with Crippen LogP contribution in [0.2, 0.25) is 0 Å². The van der Waals surface area contributed by atoms with Crippen LogP contribution in [0, 0.1) is 6.92 Å². The van der Waals surface area contributed by atoms with Crippen molar-refractivity contribution in [3.8, 4) is 17.2 Å². The lowest BCUT2D eigenvalue weighted by molar-refractivity contribution is -0.432. The van der Waals surface area contributed by atoms with Gasteiger partial charge in [-0.25, -0.2) is 13.7 Å². The smallest absolute Gasteiger partial charge is 0.294 e. The standard InChI is InChI=1S/C27H24O10S3.CH4/c1-18-3-12-24(17-27(18)40(31,32)33)39(29,30)23-13-14-25(26(16-23)38-37-36-28)35-22-10-6-20(7-11-22)15-19-4-8-21(34-2)9-5-19;/h3-14,16-17,28H,15H2,1-2H3,(H,31,32,33);1H4. The van der Waals surface area contributed by atoms with Crippen molar-refractivity contribution in [2.45, 2.75) is 40.4 Å². The molecule has 0 aliphatic carbocycles. The van der Waals surface area contributed by atoms with Crippen molar-refractivity contribution < 1.29 is 45.5 Å². The number of rotatable bonds is 11. The molecule has 0 unspecified atom stereocenters. The molecule has 0 fully saturated rings. The van der Waals surface area contributed by atoms with Crippen molar-refractivity contribution >= 4 is 32.0 Å². The van der Waals surface area contributed by atoms with E-state index >= 15 is 0 Å². The highest BCUT2D eigenvalue weighted by Crippen LogP contribution is 2.37. The fraction of sp³-hybridized carbons (Fsp3) is 0.143. The molecule has 0 aliphatic heterocycles. The minimum absolute atomic E-state index is 0. The summed E-state index contributed by atoms with van der Waals surface area (Å²) in [6.07, 6.45) is 0.692. The highest BCUT2D eigenvalue weighted by atomic mass is 32.2. The Morgan fingerprint density at radius 2 is 1.34 bits per heavy atom. The minimum Gasteiger partial charge on any atom is -0.497 e. The highest BCUT2D eigenvalue weighted by Gasteiger charge is 2.24. The Morgan fingerprint density at radius 3 is 1.90 bits per heavy atom. The zero-order valence-electron chi connectivity index (χ0n) is 21.2. The van der Waals surface area contributed by atoms with Gasteiger partial charge in [-0.2, -0.15) is 8.42 Å². The van der Waals surface area contributed by atoms with Crippen molar-refractivity contribution in [2.75, 3.05) is 7.11 Å². The zero-order valence-corrected chi connectivity index (χ0v) is 23.6. The molecule has 0 aliphatic rings. The van der Waals surface area contributed by atoms with E-state index in [0.717, 1.165) is 22.9 Å². The van der Waals surface area contributed by atoms with Crippen LogP contribution >= 0.6 is 12.0 Å². The van der Waals surface area contributed by atoms with Crippen LogP contribution in [-0.4, -0.2) is 33.8 Å². The van der Waals surface area contributed by atoms with E-state index in [9.17, 15) is 21.4 Å². The summed E-state index contributed by atoms with van der Waals surface area (Å²) in [6.45, 7) is 1.43. The van der Waals surface area contributed by atoms with E-state index in [1.807, 2.05) is 36.4 Å². The third-order valence-corrected chi connectivity index (χ3v) is 9.22. The molecule has 218 valence electrons. The summed E-state index contributed by atoms with van der Waals surface area (Å²) in [5.41, 5.74) is 2.32. The number of hydrogen-bond acceptors (Lipinski definition) is 10. The van der Waals surface area contributed by atoms with Gasteiger partial charge in [0.15, 0.2) is 0 Å². The second kappa shape index (κ2) is 13.5. The first kappa shape index (κ1) is 32.1. The first-order chi connectivity index (χ1) is 19.0. The van der Waals surface area contributed by atoms with Gasteiger partial charge in [0.05, 0.1) is 38.7 Å². The predicted molar refractivity (Wildman–Crippen MR) is 153 cm³/mol. The molecule has 0 radical (unpaired) electrons. The van der Waals surface area contributed by atoms with Crippen LogP contribution in [-0.2, 0) is 35.7 Å². The van der Waals surface area contributed by atoms with Crippen LogP contribution in [0.4, 0.5) is 0 Å². The van der Waals surface area contributed by atoms with Crippen molar-refractivity contribution in [2.24, 2.45) is 0 Å². The van der Waals surface area contributed by atoms with Crippen LogP contribution in [0.3, 0.4) is 0 Å². The summed E-state index contributed by atoms with van der Waals surface area (Å²) in [6, 6.07) is 22.3. The van der Waals surface area contributed by atoms with Gasteiger partial charge in [0.25, 0.3) is 10.1 Å². The second-order valence-corrected chi connectivity index (χ2v) is 12.6. The second-order valence-electron chi connectivity index (χ2n) is 8.51. The molecule has 2 N–H and O–H groups in total. The monoisotopic (exact) mass is 620 g/mol. The first-order valence-corrected chi connectivity index (χ1v) is 15.2. The fourth-order valence-electron chi connectivity index (χ4n) is 3.80. The molecule has 0 heterocycles. The molecule has 0 saturated heterocycles. The molecule has 0 saturated carbocycles. The average Bonchev–Trinajstić information content (AvgIpc) is 2.93. The summed E-state index contributed by atoms with van der Waals surface area (Å²) in [4.78, 5) is -0.943. The Bertz CT molecular complexity index is 1700. The van der Waals surface area contributed by atoms with E-state index in [1.165, 1.54) is 37.3 Å². The lowest BCUT2D eigenvalue weighted by Crippen LogP contribution is -2.07. The minimum atomic E-state index is -4.64. The van der Waals surface area contributed by atoms with Crippen LogP contribution in [0.5, 0.6) is 17.2 Å². The molecule has 4 aromatic rings. The lowest BCUT2D eigenvalue weighted by Gasteiger charge is -2.13. The van der Waals surface area contributed by atoms with Crippen molar-refractivity contribution in [3.05, 3.63) is 102 Å². The normalized spacial score (nSPS) is 11.5. The van der Waals surface area contributed by atoms with Gasteiger partial charge in [-0.15, -0.1) is 4.33 Å². The molecule has 0 aromatic heterocycles. The van der Waals surface area contributed by atoms with Crippen molar-refractivity contribution in [1.29, 1.82) is 0 Å². The van der Waals surface area contributed by atoms with Gasteiger partial charge < -0.3 is 9.47 Å². The molecule has 41 heavy (non-hydrogen) atoms. The van der Waals surface area contributed by atoms with Crippen molar-refractivity contribution in [3.63, 3.8) is 0 Å². The predicted octanol–water partition coefficient (Wildman–Crippen LogP) is 6.53. The Morgan fingerprint density at radius 1 is 0.780 bits per heavy atom. The van der Waals surface area contributed by atoms with Gasteiger partial charge >= 0.3 is 0 Å². The van der Waals surface area contributed by atoms with Gasteiger partial charge in [-0.1, -0.05) is 42.8 Å². The zero-order chi connectivity index (χ0) is 28.9. The lowest BCUT2D eigenvalue weighted by atomic mass is 10.0. The molecule has 0 atom stereocenters. The molecule has 0 spiro atoms. The van der Waals surface area contributed by atoms with Gasteiger partial charge in [0.2, 0.25) is 9.84 Å². The molecular formula is C28H28O10S3. The highest BCUT2D eigenvalue weighted by molar-refractivity contribution is 7.94. The van der Waals surface area contributed by atoms with E-state index in [2.05, 4.69) is 9.37 Å². The number of aryl methyl sites for hydroxylation is 1. The van der Waals surface area contributed by atoms with Crippen molar-refractivity contribution in [1.82, 2.24) is 0 Å². The van der Waals surface area contributed by atoms with Gasteiger partial charge in [-0.05, 0) is 84.6 Å². The van der Waals surface area contributed by atoms with E-state index in [4.69, 9.17) is 14.7 Å². The molecule has 0 bridgehead atoms. The van der Waals surface area contributed by atoms with Crippen LogP contribution in [0.1, 0.15) is 24.1 Å². The Hall–Kier alpha value is -3.43. The van der Waals surface area contributed by atoms with E-state index in [0.29, 0.717) is 24.2 Å². The SMILES string of the molecule is C.COc1ccc(Cc2ccc(Oc3ccc(S(=O)(=O)c4ccc(C)c(S(=O)(=O)O)c4)cc3SOOO)cc2)cc1. The molecule has 0 amide bonds. The van der Waals surface area contributed by atoms with Crippen LogP contribution in [0.15, 0.2) is 105 Å². The molecule has 10 nitrogen and oxygen atoms in total. The van der Waals surface area contributed by atoms with Gasteiger partial charge in [0.1, 0.15) is 17.2 Å². The quantitative estimate of drug-likeness (QED) is 0.0816. The number of benzene rings is 4. The van der Waals surface area contributed by atoms with E-state index in [1.54, 1.807) is 19.2 Å². The maximum Gasteiger partial charge on any atom is 0.294 e. The first-order valence-electron chi connectivity index (χ1n) is 11.5. The Kier molecular flexibility index (Phi) is 10.6. The summed E-state index contributed by atoms with van der Waals surface area (Å²) in [5, 5.41) is 12.3. The summed E-state index contributed by atoms with van der Waals surface area (Å²) < 4.78 is 75.0. The summed E-state index contributed by atoms with van der Waals surface area (Å²) >= 11 is 0.502. The number of methoxy groups -OCH3 is 1. The molecule has 13 heteroatoms. The number of hydrogen-bond donors (Lipinski definition) is 2. The number of ether oxygens (including phenoxy) is 2.